The molecule has 73 heavy (non-hydrogen) atoms. The highest BCUT2D eigenvalue weighted by atomic mass is 16.6. The van der Waals surface area contributed by atoms with E-state index in [0.717, 1.165) is 77.0 Å². The summed E-state index contributed by atoms with van der Waals surface area (Å²) in [4.78, 5) is 38.0. The van der Waals surface area contributed by atoms with Crippen molar-refractivity contribution < 1.29 is 28.6 Å². The van der Waals surface area contributed by atoms with Crippen molar-refractivity contribution in [1.29, 1.82) is 0 Å². The Bertz CT molecular complexity index is 1540. The normalized spacial score (nSPS) is 13.0. The number of allylic oxidation sites excluding steroid dienone is 18. The number of hydrogen-bond donors (Lipinski definition) is 0. The van der Waals surface area contributed by atoms with Crippen LogP contribution in [0.25, 0.3) is 0 Å². The van der Waals surface area contributed by atoms with E-state index in [1.54, 1.807) is 12.2 Å². The molecule has 6 nitrogen and oxygen atoms in total. The second kappa shape index (κ2) is 60.4. The zero-order valence-corrected chi connectivity index (χ0v) is 47.4. The molecule has 0 aliphatic rings. The van der Waals surface area contributed by atoms with Crippen molar-refractivity contribution in [2.45, 2.75) is 271 Å². The summed E-state index contributed by atoms with van der Waals surface area (Å²) in [6, 6.07) is 0. The van der Waals surface area contributed by atoms with Gasteiger partial charge in [0, 0.05) is 6.42 Å². The minimum atomic E-state index is -0.874. The molecule has 0 aliphatic heterocycles. The minimum Gasteiger partial charge on any atom is -0.462 e. The van der Waals surface area contributed by atoms with E-state index in [9.17, 15) is 14.4 Å². The van der Waals surface area contributed by atoms with Crippen molar-refractivity contribution in [3.63, 3.8) is 0 Å². The van der Waals surface area contributed by atoms with Gasteiger partial charge in [0.15, 0.2) is 6.10 Å². The summed E-state index contributed by atoms with van der Waals surface area (Å²) in [5.41, 5.74) is 0. The Kier molecular flexibility index (Phi) is 56.9. The van der Waals surface area contributed by atoms with E-state index in [1.165, 1.54) is 141 Å². The molecule has 0 bridgehead atoms. The molecule has 0 radical (unpaired) electrons. The van der Waals surface area contributed by atoms with Gasteiger partial charge >= 0.3 is 17.9 Å². The van der Waals surface area contributed by atoms with Gasteiger partial charge in [0.2, 0.25) is 0 Å². The molecule has 0 spiro atoms. The van der Waals surface area contributed by atoms with Gasteiger partial charge < -0.3 is 14.2 Å². The van der Waals surface area contributed by atoms with Crippen LogP contribution in [0.2, 0.25) is 0 Å². The third kappa shape index (κ3) is 58.6. The highest BCUT2D eigenvalue weighted by Crippen LogP contribution is 2.16. The number of unbranched alkanes of at least 4 members (excludes halogenated alkanes) is 24. The molecule has 0 aromatic carbocycles. The summed E-state index contributed by atoms with van der Waals surface area (Å²) in [6.45, 7) is 6.25. The molecule has 1 unspecified atom stereocenters. The van der Waals surface area contributed by atoms with Crippen molar-refractivity contribution in [2.75, 3.05) is 13.2 Å². The molecule has 0 aromatic heterocycles. The third-order valence-electron chi connectivity index (χ3n) is 12.5. The van der Waals surface area contributed by atoms with Crippen molar-refractivity contribution >= 4 is 17.9 Å². The Hall–Kier alpha value is -4.19. The van der Waals surface area contributed by atoms with Gasteiger partial charge in [-0.3, -0.25) is 14.4 Å². The van der Waals surface area contributed by atoms with E-state index in [0.29, 0.717) is 12.8 Å². The summed E-state index contributed by atoms with van der Waals surface area (Å²) in [7, 11) is 0. The van der Waals surface area contributed by atoms with Gasteiger partial charge in [-0.05, 0) is 70.6 Å². The van der Waals surface area contributed by atoms with Crippen LogP contribution >= 0.6 is 0 Å². The van der Waals surface area contributed by atoms with Crippen LogP contribution in [0.15, 0.2) is 122 Å². The molecular weight excluding hydrogens is 901 g/mol. The van der Waals surface area contributed by atoms with Crippen LogP contribution in [-0.4, -0.2) is 37.2 Å². The molecule has 0 fully saturated rings. The number of carbonyl (C=O) groups is 3. The molecule has 414 valence electrons. The predicted octanol–water partition coefficient (Wildman–Crippen LogP) is 20.4. The van der Waals surface area contributed by atoms with Crippen LogP contribution in [0.4, 0.5) is 0 Å². The Balaban J connectivity index is 4.43. The highest BCUT2D eigenvalue weighted by Gasteiger charge is 2.19. The molecule has 0 saturated carbocycles. The van der Waals surface area contributed by atoms with Crippen LogP contribution in [0.1, 0.15) is 265 Å². The molecule has 1 atom stereocenters. The number of esters is 3. The lowest BCUT2D eigenvalue weighted by Crippen LogP contribution is -2.30. The van der Waals surface area contributed by atoms with Gasteiger partial charge in [-0.25, -0.2) is 0 Å². The average Bonchev–Trinajstić information content (AvgIpc) is 3.39. The molecule has 0 aromatic rings. The first-order chi connectivity index (χ1) is 36.0. The number of carbonyl (C=O) groups excluding carboxylic acids is 3. The van der Waals surface area contributed by atoms with Gasteiger partial charge in [0.1, 0.15) is 13.2 Å². The first kappa shape index (κ1) is 68.8. The largest absolute Gasteiger partial charge is 0.462 e. The smallest absolute Gasteiger partial charge is 0.310 e. The van der Waals surface area contributed by atoms with Gasteiger partial charge in [0.05, 0.1) is 12.8 Å². The number of ether oxygens (including phenoxy) is 3. The Morgan fingerprint density at radius 2 is 0.534 bits per heavy atom. The summed E-state index contributed by atoms with van der Waals surface area (Å²) < 4.78 is 16.6. The zero-order valence-electron chi connectivity index (χ0n) is 47.4. The summed E-state index contributed by atoms with van der Waals surface area (Å²) >= 11 is 0. The monoisotopic (exact) mass is 1010 g/mol. The lowest BCUT2D eigenvalue weighted by Gasteiger charge is -2.17. The fourth-order valence-electron chi connectivity index (χ4n) is 8.12. The molecule has 0 saturated heterocycles. The van der Waals surface area contributed by atoms with Gasteiger partial charge in [-0.1, -0.05) is 296 Å². The van der Waals surface area contributed by atoms with E-state index in [4.69, 9.17) is 14.2 Å². The van der Waals surface area contributed by atoms with Crippen LogP contribution in [-0.2, 0) is 28.6 Å². The second-order valence-electron chi connectivity index (χ2n) is 19.5. The fourth-order valence-corrected chi connectivity index (χ4v) is 8.12. The lowest BCUT2D eigenvalue weighted by molar-refractivity contribution is -0.166. The second-order valence-corrected chi connectivity index (χ2v) is 19.5. The van der Waals surface area contributed by atoms with Crippen LogP contribution in [0.3, 0.4) is 0 Å². The maximum atomic E-state index is 12.8. The van der Waals surface area contributed by atoms with E-state index in [1.807, 2.05) is 12.2 Å². The van der Waals surface area contributed by atoms with E-state index in [-0.39, 0.29) is 32.0 Å². The molecule has 0 amide bonds. The van der Waals surface area contributed by atoms with Crippen LogP contribution in [0, 0.1) is 0 Å². The first-order valence-corrected chi connectivity index (χ1v) is 30.0. The predicted molar refractivity (Wildman–Crippen MR) is 316 cm³/mol. The number of rotatable bonds is 53. The van der Waals surface area contributed by atoms with Crippen molar-refractivity contribution in [3.8, 4) is 0 Å². The Morgan fingerprint density at radius 3 is 0.836 bits per heavy atom. The quantitative estimate of drug-likeness (QED) is 0.0261. The fraction of sp³-hybridized carbons (Fsp3) is 0.657. The molecule has 0 heterocycles. The lowest BCUT2D eigenvalue weighted by atomic mass is 10.0. The van der Waals surface area contributed by atoms with Crippen molar-refractivity contribution in [2.24, 2.45) is 0 Å². The molecule has 0 rings (SSSR count). The molecular formula is C67H110O6. The van der Waals surface area contributed by atoms with E-state index in [2.05, 4.69) is 118 Å². The van der Waals surface area contributed by atoms with E-state index >= 15 is 0 Å². The molecule has 6 heteroatoms. The average molecular weight is 1010 g/mol. The summed E-state index contributed by atoms with van der Waals surface area (Å²) in [5, 5.41) is 0. The maximum Gasteiger partial charge on any atom is 0.310 e. The zero-order chi connectivity index (χ0) is 52.9. The van der Waals surface area contributed by atoms with Crippen LogP contribution < -0.4 is 0 Å². The minimum absolute atomic E-state index is 0.0749. The SMILES string of the molecule is CC/C=C\C/C=C\C/C=C\C/C=C\C/C=C\CC(=O)OCC(COC(=O)CCCCCCCCCCCCCCCCCCCCCCCCCCC)OC(=O)C/C=C\C/C=C\C/C=C\C/C=C\C/C=C\CC. The third-order valence-corrected chi connectivity index (χ3v) is 12.5. The topological polar surface area (TPSA) is 78.9 Å². The molecule has 0 N–H and O–H groups in total. The summed E-state index contributed by atoms with van der Waals surface area (Å²) in [5.74, 6) is -1.21. The van der Waals surface area contributed by atoms with Crippen molar-refractivity contribution in [1.82, 2.24) is 0 Å². The Labute approximate surface area is 450 Å². The van der Waals surface area contributed by atoms with Gasteiger partial charge in [-0.15, -0.1) is 0 Å². The standard InChI is InChI=1S/C67H110O6/c1-4-7-10-13-16-19-22-25-28-29-30-31-32-33-34-35-36-37-40-42-45-48-51-54-57-60-66(69)72-63-64(73-67(70)61-58-55-52-49-46-43-39-27-24-21-18-15-12-9-6-3)62-71-65(68)59-56-53-50-47-44-41-38-26-23-20-17-14-11-8-5-2/h8-9,11-12,17-18,20-21,26-27,38-39,44,46-47,49,53,55-56,58,64H,4-7,10,13-16,19,22-25,28-37,40-43,45,48,50-52,54,57,59-63H2,1-3H3/b11-8-,12-9-,20-17-,21-18-,38-26-,39-27-,47-44-,49-46-,56-53-,58-55-. The number of hydrogen-bond acceptors (Lipinski definition) is 6. The maximum absolute atomic E-state index is 12.8. The molecule has 0 aliphatic carbocycles. The van der Waals surface area contributed by atoms with E-state index < -0.39 is 18.0 Å². The van der Waals surface area contributed by atoms with Crippen LogP contribution in [0.5, 0.6) is 0 Å². The van der Waals surface area contributed by atoms with Gasteiger partial charge in [0.25, 0.3) is 0 Å². The summed E-state index contributed by atoms with van der Waals surface area (Å²) in [6.07, 6.45) is 84.1. The van der Waals surface area contributed by atoms with Gasteiger partial charge in [-0.2, -0.15) is 0 Å². The highest BCUT2D eigenvalue weighted by molar-refractivity contribution is 5.72. The first-order valence-electron chi connectivity index (χ1n) is 30.0. The Morgan fingerprint density at radius 1 is 0.288 bits per heavy atom. The van der Waals surface area contributed by atoms with Crippen molar-refractivity contribution in [3.05, 3.63) is 122 Å².